The van der Waals surface area contributed by atoms with E-state index in [2.05, 4.69) is 0 Å². The average molecular weight is 673 g/mol. The van der Waals surface area contributed by atoms with Crippen LogP contribution in [0.5, 0.6) is 0 Å². The lowest BCUT2D eigenvalue weighted by Crippen LogP contribution is -2.33. The Bertz CT molecular complexity index is 595. The van der Waals surface area contributed by atoms with Gasteiger partial charge in [0.25, 0.3) is 0 Å². The molecule has 0 aromatic rings. The molecule has 0 bridgehead atoms. The smallest absolute Gasteiger partial charge is 0.261 e. The van der Waals surface area contributed by atoms with E-state index in [1.807, 2.05) is 43.2 Å². The van der Waals surface area contributed by atoms with E-state index in [1.54, 1.807) is 7.42 Å². The summed E-state index contributed by atoms with van der Waals surface area (Å²) in [7, 11) is 13.4. The van der Waals surface area contributed by atoms with Crippen LogP contribution in [-0.2, 0) is 9.59 Å². The second kappa shape index (κ2) is 19.1. The topological polar surface area (TPSA) is 40.6 Å². The second-order valence-electron chi connectivity index (χ2n) is 10.8. The highest BCUT2D eigenvalue weighted by Gasteiger charge is 2.34. The molecular formula is C26H44N2O2S8. The van der Waals surface area contributed by atoms with Gasteiger partial charge in [-0.25, -0.2) is 0 Å². The van der Waals surface area contributed by atoms with Gasteiger partial charge in [0, 0.05) is 64.9 Å². The van der Waals surface area contributed by atoms with Crippen molar-refractivity contribution in [1.82, 2.24) is 7.42 Å². The van der Waals surface area contributed by atoms with E-state index in [0.29, 0.717) is 21.0 Å². The summed E-state index contributed by atoms with van der Waals surface area (Å²) in [6.07, 6.45) is 25.4. The highest BCUT2D eigenvalue weighted by molar-refractivity contribution is 8.84. The van der Waals surface area contributed by atoms with E-state index >= 15 is 0 Å². The predicted molar refractivity (Wildman–Crippen MR) is 182 cm³/mol. The fourth-order valence-corrected chi connectivity index (χ4v) is 17.6. The molecule has 4 fully saturated rings. The summed E-state index contributed by atoms with van der Waals surface area (Å²) in [5.41, 5.74) is 0. The molecule has 4 rings (SSSR count). The molecule has 218 valence electrons. The van der Waals surface area contributed by atoms with Gasteiger partial charge in [-0.3, -0.25) is 9.59 Å². The number of amides is 2. The monoisotopic (exact) mass is 672 g/mol. The molecule has 0 heterocycles. The highest BCUT2D eigenvalue weighted by Crippen LogP contribution is 2.49. The van der Waals surface area contributed by atoms with Crippen molar-refractivity contribution in [2.45, 2.75) is 149 Å². The van der Waals surface area contributed by atoms with Crippen LogP contribution >= 0.6 is 87.1 Å². The first kappa shape index (κ1) is 32.6. The van der Waals surface area contributed by atoms with Gasteiger partial charge >= 0.3 is 11.8 Å². The summed E-state index contributed by atoms with van der Waals surface area (Å²) in [5.74, 6) is -0.722. The Hall–Kier alpha value is 1.74. The lowest BCUT2D eigenvalue weighted by molar-refractivity contribution is -0.141. The third-order valence-electron chi connectivity index (χ3n) is 7.71. The van der Waals surface area contributed by atoms with E-state index in [0.717, 1.165) is 0 Å². The molecule has 0 aromatic heterocycles. The maximum Gasteiger partial charge on any atom is 0.335 e. The molecule has 0 atom stereocenters. The largest absolute Gasteiger partial charge is 0.335 e. The second-order valence-corrected chi connectivity index (χ2v) is 20.9. The number of carbonyl (C=O) groups is 2. The van der Waals surface area contributed by atoms with Crippen LogP contribution in [0, 0.1) is 0 Å². The van der Waals surface area contributed by atoms with E-state index in [9.17, 15) is 9.59 Å². The minimum atomic E-state index is -0.361. The first-order valence-corrected chi connectivity index (χ1v) is 23.4. The summed E-state index contributed by atoms with van der Waals surface area (Å²) in [6.45, 7) is 0. The van der Waals surface area contributed by atoms with E-state index in [-0.39, 0.29) is 11.8 Å². The van der Waals surface area contributed by atoms with Crippen molar-refractivity contribution in [3.05, 3.63) is 0 Å². The van der Waals surface area contributed by atoms with Crippen LogP contribution < -0.4 is 0 Å². The lowest BCUT2D eigenvalue weighted by atomic mass is 10.0. The van der Waals surface area contributed by atoms with Crippen LogP contribution in [0.3, 0.4) is 0 Å². The molecule has 0 aliphatic heterocycles. The number of hydrogen-bond donors (Lipinski definition) is 0. The molecule has 0 N–H and O–H groups in total. The maximum atomic E-state index is 13.8. The molecule has 4 aliphatic carbocycles. The number of rotatable bonds is 12. The van der Waals surface area contributed by atoms with Gasteiger partial charge in [-0.2, -0.15) is 7.42 Å². The zero-order chi connectivity index (χ0) is 26.4. The van der Waals surface area contributed by atoms with Gasteiger partial charge in [0.2, 0.25) is 0 Å². The number of carbonyl (C=O) groups excluding carboxylic acids is 2. The Labute approximate surface area is 263 Å². The van der Waals surface area contributed by atoms with Gasteiger partial charge in [0.15, 0.2) is 0 Å². The van der Waals surface area contributed by atoms with Crippen molar-refractivity contribution in [2.75, 3.05) is 0 Å². The van der Waals surface area contributed by atoms with Crippen molar-refractivity contribution in [3.63, 3.8) is 0 Å². The molecule has 0 radical (unpaired) electrons. The number of nitrogens with zero attached hydrogens (tertiary/aromatic N) is 2. The SMILES string of the molecule is O=C(C(=O)N(SSC1CCCCC1)SSC1CCCCC1)N(SSC1CCCCC1)SSC1CCCCC1. The Morgan fingerprint density at radius 2 is 0.579 bits per heavy atom. The quantitative estimate of drug-likeness (QED) is 0.114. The molecule has 4 nitrogen and oxygen atoms in total. The summed E-state index contributed by atoms with van der Waals surface area (Å²) in [6, 6.07) is 0. The first-order chi connectivity index (χ1) is 18.7. The third kappa shape index (κ3) is 11.8. The Morgan fingerprint density at radius 1 is 0.368 bits per heavy atom. The minimum absolute atomic E-state index is 0.361. The van der Waals surface area contributed by atoms with Crippen LogP contribution in [0.15, 0.2) is 0 Å². The molecule has 0 unspecified atom stereocenters. The van der Waals surface area contributed by atoms with Crippen molar-refractivity contribution in [1.29, 1.82) is 0 Å². The van der Waals surface area contributed by atoms with Crippen LogP contribution in [0.2, 0.25) is 0 Å². The molecule has 4 saturated carbocycles. The van der Waals surface area contributed by atoms with Gasteiger partial charge in [-0.05, 0) is 51.4 Å². The Morgan fingerprint density at radius 3 is 0.789 bits per heavy atom. The van der Waals surface area contributed by atoms with Crippen molar-refractivity contribution >= 4 is 98.9 Å². The van der Waals surface area contributed by atoms with Crippen LogP contribution in [0.1, 0.15) is 128 Å². The number of hydrogen-bond acceptors (Lipinski definition) is 10. The fourth-order valence-electron chi connectivity index (χ4n) is 5.36. The van der Waals surface area contributed by atoms with Gasteiger partial charge in [-0.15, -0.1) is 0 Å². The van der Waals surface area contributed by atoms with Crippen molar-refractivity contribution in [2.24, 2.45) is 0 Å². The van der Waals surface area contributed by atoms with E-state index in [1.165, 1.54) is 172 Å². The van der Waals surface area contributed by atoms with Crippen LogP contribution in [-0.4, -0.2) is 40.2 Å². The first-order valence-electron chi connectivity index (χ1n) is 14.7. The molecule has 2 amide bonds. The summed E-state index contributed by atoms with van der Waals surface area (Å²) < 4.78 is 3.46. The van der Waals surface area contributed by atoms with Crippen molar-refractivity contribution in [3.8, 4) is 0 Å². The molecule has 12 heteroatoms. The van der Waals surface area contributed by atoms with Crippen LogP contribution in [0.25, 0.3) is 0 Å². The Balaban J connectivity index is 1.36. The molecule has 38 heavy (non-hydrogen) atoms. The van der Waals surface area contributed by atoms with Crippen molar-refractivity contribution < 1.29 is 9.59 Å². The molecule has 4 aliphatic rings. The lowest BCUT2D eigenvalue weighted by Gasteiger charge is -2.28. The zero-order valence-electron chi connectivity index (χ0n) is 22.4. The summed E-state index contributed by atoms with van der Waals surface area (Å²) in [4.78, 5) is 27.5. The van der Waals surface area contributed by atoms with E-state index < -0.39 is 0 Å². The van der Waals surface area contributed by atoms with Gasteiger partial charge in [-0.1, -0.05) is 120 Å². The van der Waals surface area contributed by atoms with Gasteiger partial charge < -0.3 is 0 Å². The minimum Gasteiger partial charge on any atom is -0.261 e. The summed E-state index contributed by atoms with van der Waals surface area (Å²) >= 11 is 0. The highest BCUT2D eigenvalue weighted by atomic mass is 33.2. The average Bonchev–Trinajstić information content (AvgIpc) is 2.99. The van der Waals surface area contributed by atoms with E-state index in [4.69, 9.17) is 0 Å². The summed E-state index contributed by atoms with van der Waals surface area (Å²) in [5, 5.41) is 2.34. The fraction of sp³-hybridized carbons (Fsp3) is 0.923. The van der Waals surface area contributed by atoms with Gasteiger partial charge in [0.1, 0.15) is 0 Å². The molecule has 0 spiro atoms. The molecular weight excluding hydrogens is 629 g/mol. The Kier molecular flexibility index (Phi) is 16.4. The third-order valence-corrected chi connectivity index (χ3v) is 20.3. The maximum absolute atomic E-state index is 13.8. The molecule has 0 aromatic carbocycles. The zero-order valence-corrected chi connectivity index (χ0v) is 29.0. The van der Waals surface area contributed by atoms with Gasteiger partial charge in [0.05, 0.1) is 0 Å². The predicted octanol–water partition coefficient (Wildman–Crippen LogP) is 11.2. The normalized spacial score (nSPS) is 22.8. The molecule has 0 saturated heterocycles. The van der Waals surface area contributed by atoms with Crippen LogP contribution in [0.4, 0.5) is 0 Å². The standard InChI is InChI=1S/C26H44N2O2S8/c29-25(27(35-31-21-13-5-1-6-14-21)36-32-22-15-7-2-8-16-22)26(30)28(37-33-23-17-9-3-10-18-23)38-34-24-19-11-4-12-20-24/h21-24H,1-20H2.